The molecule has 7 nitrogen and oxygen atoms in total. The van der Waals surface area contributed by atoms with Gasteiger partial charge in [-0.3, -0.25) is 19.7 Å². The second kappa shape index (κ2) is 9.09. The molecule has 2 aromatic carbocycles. The highest BCUT2D eigenvalue weighted by molar-refractivity contribution is 8.18. The second-order valence-electron chi connectivity index (χ2n) is 5.69. The first-order chi connectivity index (χ1) is 13.5. The standard InChI is InChI=1S/C20H18N2O5S/c1-2-26-16-10-13(11-17-19(24)22-20(25)28-17)8-9-15(16)27-12-18(23)21-14-6-4-3-5-7-14/h3-11H,2,12H2,1H3,(H,21,23)(H,22,24,25)/b17-11-. The molecule has 0 saturated carbocycles. The Kier molecular flexibility index (Phi) is 6.33. The number of amides is 3. The molecule has 144 valence electrons. The van der Waals surface area contributed by atoms with Gasteiger partial charge in [0.1, 0.15) is 0 Å². The van der Waals surface area contributed by atoms with E-state index in [1.165, 1.54) is 0 Å². The van der Waals surface area contributed by atoms with Gasteiger partial charge in [0.25, 0.3) is 17.1 Å². The lowest BCUT2D eigenvalue weighted by Gasteiger charge is -2.13. The number of para-hydroxylation sites is 1. The fourth-order valence-corrected chi connectivity index (χ4v) is 3.12. The zero-order valence-corrected chi connectivity index (χ0v) is 15.9. The van der Waals surface area contributed by atoms with Crippen LogP contribution in [0.5, 0.6) is 11.5 Å². The van der Waals surface area contributed by atoms with Crippen molar-refractivity contribution in [2.75, 3.05) is 18.5 Å². The van der Waals surface area contributed by atoms with Crippen LogP contribution in [0.4, 0.5) is 10.5 Å². The molecule has 3 amide bonds. The van der Waals surface area contributed by atoms with Crippen LogP contribution >= 0.6 is 11.8 Å². The third-order valence-corrected chi connectivity index (χ3v) is 4.43. The van der Waals surface area contributed by atoms with Crippen LogP contribution in [0.25, 0.3) is 6.08 Å². The number of anilines is 1. The van der Waals surface area contributed by atoms with Crippen LogP contribution in [-0.4, -0.2) is 30.3 Å². The summed E-state index contributed by atoms with van der Waals surface area (Å²) in [7, 11) is 0. The van der Waals surface area contributed by atoms with E-state index < -0.39 is 11.1 Å². The summed E-state index contributed by atoms with van der Waals surface area (Å²) in [6.45, 7) is 2.05. The second-order valence-corrected chi connectivity index (χ2v) is 6.71. The first-order valence-electron chi connectivity index (χ1n) is 8.54. The summed E-state index contributed by atoms with van der Waals surface area (Å²) >= 11 is 0.843. The van der Waals surface area contributed by atoms with Crippen molar-refractivity contribution in [3.63, 3.8) is 0 Å². The largest absolute Gasteiger partial charge is 0.490 e. The summed E-state index contributed by atoms with van der Waals surface area (Å²) in [5.74, 6) is 0.133. The SMILES string of the molecule is CCOc1cc(/C=C2\SC(=O)NC2=O)ccc1OCC(=O)Nc1ccccc1. The lowest BCUT2D eigenvalue weighted by Crippen LogP contribution is -2.20. The first kappa shape index (κ1) is 19.5. The molecule has 1 heterocycles. The molecular weight excluding hydrogens is 380 g/mol. The Labute approximate surface area is 166 Å². The monoisotopic (exact) mass is 398 g/mol. The van der Waals surface area contributed by atoms with E-state index in [9.17, 15) is 14.4 Å². The van der Waals surface area contributed by atoms with Crippen LogP contribution in [-0.2, 0) is 9.59 Å². The predicted octanol–water partition coefficient (Wildman–Crippen LogP) is 3.43. The van der Waals surface area contributed by atoms with Crippen LogP contribution in [0.1, 0.15) is 12.5 Å². The third kappa shape index (κ3) is 5.14. The van der Waals surface area contributed by atoms with Crippen LogP contribution in [0, 0.1) is 0 Å². The van der Waals surface area contributed by atoms with Crippen LogP contribution in [0.2, 0.25) is 0 Å². The maximum atomic E-state index is 12.1. The first-order valence-corrected chi connectivity index (χ1v) is 9.36. The van der Waals surface area contributed by atoms with Crippen molar-refractivity contribution in [2.24, 2.45) is 0 Å². The minimum atomic E-state index is -0.425. The minimum absolute atomic E-state index is 0.178. The van der Waals surface area contributed by atoms with E-state index in [0.29, 0.717) is 34.3 Å². The molecule has 2 N–H and O–H groups in total. The van der Waals surface area contributed by atoms with E-state index in [1.807, 2.05) is 25.1 Å². The van der Waals surface area contributed by atoms with Crippen LogP contribution in [0.3, 0.4) is 0 Å². The van der Waals surface area contributed by atoms with E-state index in [2.05, 4.69) is 10.6 Å². The maximum absolute atomic E-state index is 12.1. The Balaban J connectivity index is 1.69. The molecule has 0 bridgehead atoms. The summed E-state index contributed by atoms with van der Waals surface area (Å²) in [6, 6.07) is 14.2. The summed E-state index contributed by atoms with van der Waals surface area (Å²) < 4.78 is 11.2. The maximum Gasteiger partial charge on any atom is 0.290 e. The molecule has 8 heteroatoms. The molecule has 28 heavy (non-hydrogen) atoms. The van der Waals surface area contributed by atoms with Crippen molar-refractivity contribution in [1.29, 1.82) is 0 Å². The van der Waals surface area contributed by atoms with Gasteiger partial charge in [0.05, 0.1) is 11.5 Å². The van der Waals surface area contributed by atoms with Crippen molar-refractivity contribution in [2.45, 2.75) is 6.92 Å². The van der Waals surface area contributed by atoms with Crippen LogP contribution < -0.4 is 20.1 Å². The van der Waals surface area contributed by atoms with Crippen molar-refractivity contribution in [1.82, 2.24) is 5.32 Å². The van der Waals surface area contributed by atoms with Gasteiger partial charge in [-0.25, -0.2) is 0 Å². The van der Waals surface area contributed by atoms with Crippen molar-refractivity contribution in [3.05, 3.63) is 59.0 Å². The molecule has 0 radical (unpaired) electrons. The Hall–Kier alpha value is -3.26. The van der Waals surface area contributed by atoms with Gasteiger partial charge in [0.2, 0.25) is 0 Å². The topological polar surface area (TPSA) is 93.7 Å². The van der Waals surface area contributed by atoms with Gasteiger partial charge in [-0.1, -0.05) is 24.3 Å². The molecule has 1 aliphatic heterocycles. The number of hydrogen-bond donors (Lipinski definition) is 2. The van der Waals surface area contributed by atoms with Gasteiger partial charge >= 0.3 is 0 Å². The fraction of sp³-hybridized carbons (Fsp3) is 0.150. The third-order valence-electron chi connectivity index (χ3n) is 3.62. The van der Waals surface area contributed by atoms with E-state index in [0.717, 1.165) is 11.8 Å². The lowest BCUT2D eigenvalue weighted by atomic mass is 10.2. The average Bonchev–Trinajstić information content (AvgIpc) is 2.99. The number of rotatable bonds is 7. The Bertz CT molecular complexity index is 927. The highest BCUT2D eigenvalue weighted by Crippen LogP contribution is 2.31. The van der Waals surface area contributed by atoms with Crippen molar-refractivity contribution >= 4 is 40.6 Å². The molecule has 0 unspecified atom stereocenters. The molecular formula is C20H18N2O5S. The molecule has 1 saturated heterocycles. The molecule has 2 aromatic rings. The molecule has 0 atom stereocenters. The van der Waals surface area contributed by atoms with Gasteiger partial charge in [0.15, 0.2) is 18.1 Å². The van der Waals surface area contributed by atoms with Gasteiger partial charge in [-0.15, -0.1) is 0 Å². The zero-order valence-electron chi connectivity index (χ0n) is 15.1. The number of benzene rings is 2. The molecule has 1 aliphatic rings. The smallest absolute Gasteiger partial charge is 0.290 e. The molecule has 1 fully saturated rings. The van der Waals surface area contributed by atoms with Gasteiger partial charge in [-0.2, -0.15) is 0 Å². The number of carbonyl (C=O) groups excluding carboxylic acids is 3. The zero-order chi connectivity index (χ0) is 19.9. The van der Waals surface area contributed by atoms with Crippen molar-refractivity contribution < 1.29 is 23.9 Å². The number of carbonyl (C=O) groups is 3. The van der Waals surface area contributed by atoms with E-state index in [4.69, 9.17) is 9.47 Å². The quantitative estimate of drug-likeness (QED) is 0.694. The number of imide groups is 1. The van der Waals surface area contributed by atoms with Gasteiger partial charge < -0.3 is 14.8 Å². The number of ether oxygens (including phenoxy) is 2. The summed E-state index contributed by atoms with van der Waals surface area (Å²) in [4.78, 5) is 35.3. The summed E-state index contributed by atoms with van der Waals surface area (Å²) in [5.41, 5.74) is 1.36. The highest BCUT2D eigenvalue weighted by atomic mass is 32.2. The summed E-state index contributed by atoms with van der Waals surface area (Å²) in [5, 5.41) is 4.55. The molecule has 0 aromatic heterocycles. The predicted molar refractivity (Wildman–Crippen MR) is 107 cm³/mol. The van der Waals surface area contributed by atoms with E-state index >= 15 is 0 Å². The number of nitrogens with one attached hydrogen (secondary N) is 2. The number of hydrogen-bond acceptors (Lipinski definition) is 6. The highest BCUT2D eigenvalue weighted by Gasteiger charge is 2.25. The summed E-state index contributed by atoms with van der Waals surface area (Å²) in [6.07, 6.45) is 1.60. The Morgan fingerprint density at radius 3 is 2.57 bits per heavy atom. The fourth-order valence-electron chi connectivity index (χ4n) is 2.44. The Morgan fingerprint density at radius 2 is 1.89 bits per heavy atom. The number of thioether (sulfide) groups is 1. The Morgan fingerprint density at radius 1 is 1.11 bits per heavy atom. The van der Waals surface area contributed by atoms with Crippen LogP contribution in [0.15, 0.2) is 53.4 Å². The molecule has 0 aliphatic carbocycles. The molecule has 3 rings (SSSR count). The van der Waals surface area contributed by atoms with Gasteiger partial charge in [0, 0.05) is 5.69 Å². The lowest BCUT2D eigenvalue weighted by molar-refractivity contribution is -0.118. The van der Waals surface area contributed by atoms with E-state index in [1.54, 1.807) is 36.4 Å². The molecule has 0 spiro atoms. The van der Waals surface area contributed by atoms with Crippen molar-refractivity contribution in [3.8, 4) is 11.5 Å². The van der Waals surface area contributed by atoms with E-state index in [-0.39, 0.29) is 12.5 Å². The normalized spacial score (nSPS) is 14.7. The average molecular weight is 398 g/mol. The van der Waals surface area contributed by atoms with Gasteiger partial charge in [-0.05, 0) is 54.6 Å². The minimum Gasteiger partial charge on any atom is -0.490 e.